The summed E-state index contributed by atoms with van der Waals surface area (Å²) in [5, 5.41) is 0.559. The number of halogens is 1. The van der Waals surface area contributed by atoms with Crippen LogP contribution in [0.3, 0.4) is 0 Å². The number of hydrogen-bond acceptors (Lipinski definition) is 1. The molecule has 0 radical (unpaired) electrons. The van der Waals surface area contributed by atoms with Crippen LogP contribution in [0.1, 0.15) is 22.5 Å². The number of aromatic amines is 1. The zero-order valence-electron chi connectivity index (χ0n) is 9.82. The number of nitrogens with zero attached hydrogens (tertiary/aromatic N) is 1. The van der Waals surface area contributed by atoms with Crippen molar-refractivity contribution in [2.45, 2.75) is 12.8 Å². The van der Waals surface area contributed by atoms with Gasteiger partial charge >= 0.3 is 0 Å². The number of aromatic nitrogens is 1. The number of H-pyrrole nitrogens is 1. The van der Waals surface area contributed by atoms with E-state index in [0.29, 0.717) is 10.7 Å². The number of carbonyl (C=O) groups is 1. The van der Waals surface area contributed by atoms with Crippen molar-refractivity contribution in [1.82, 2.24) is 4.98 Å². The lowest BCUT2D eigenvalue weighted by molar-refractivity contribution is 0.0981. The Bertz CT molecular complexity index is 591. The minimum atomic E-state index is -0.0194. The first-order chi connectivity index (χ1) is 8.75. The predicted molar refractivity (Wildman–Crippen MR) is 72.2 cm³/mol. The third kappa shape index (κ3) is 1.91. The van der Waals surface area contributed by atoms with Crippen LogP contribution in [0.5, 0.6) is 0 Å². The van der Waals surface area contributed by atoms with Crippen molar-refractivity contribution in [1.29, 1.82) is 0 Å². The zero-order chi connectivity index (χ0) is 12.5. The molecule has 92 valence electrons. The molecule has 0 bridgehead atoms. The molecule has 1 N–H and O–H groups in total. The number of carbonyl (C=O) groups excluding carboxylic acids is 1. The first-order valence-electron chi connectivity index (χ1n) is 5.99. The van der Waals surface area contributed by atoms with Gasteiger partial charge in [0, 0.05) is 18.4 Å². The Morgan fingerprint density at radius 3 is 2.94 bits per heavy atom. The molecule has 1 aromatic heterocycles. The second-order valence-electron chi connectivity index (χ2n) is 4.42. The second-order valence-corrected chi connectivity index (χ2v) is 4.86. The molecular formula is C14H13ClN2O. The van der Waals surface area contributed by atoms with E-state index in [1.54, 1.807) is 12.3 Å². The molecule has 4 heteroatoms. The molecule has 3 rings (SSSR count). The molecule has 2 aromatic rings. The van der Waals surface area contributed by atoms with E-state index in [9.17, 15) is 4.79 Å². The van der Waals surface area contributed by atoms with Gasteiger partial charge in [-0.25, -0.2) is 0 Å². The van der Waals surface area contributed by atoms with E-state index < -0.39 is 0 Å². The van der Waals surface area contributed by atoms with Crippen LogP contribution >= 0.6 is 11.6 Å². The van der Waals surface area contributed by atoms with E-state index >= 15 is 0 Å². The van der Waals surface area contributed by atoms with Crippen molar-refractivity contribution in [2.24, 2.45) is 0 Å². The third-order valence-corrected chi connectivity index (χ3v) is 3.45. The summed E-state index contributed by atoms with van der Waals surface area (Å²) in [6.07, 6.45) is 3.66. The van der Waals surface area contributed by atoms with Gasteiger partial charge in [0.1, 0.15) is 5.69 Å². The number of rotatable bonds is 1. The lowest BCUT2D eigenvalue weighted by Gasteiger charge is -2.29. The molecule has 0 aliphatic carbocycles. The van der Waals surface area contributed by atoms with Gasteiger partial charge in [0.05, 0.1) is 5.02 Å². The maximum Gasteiger partial charge on any atom is 0.274 e. The van der Waals surface area contributed by atoms with Gasteiger partial charge in [0.25, 0.3) is 5.91 Å². The maximum atomic E-state index is 12.4. The van der Waals surface area contributed by atoms with Gasteiger partial charge in [0.15, 0.2) is 0 Å². The molecule has 0 atom stereocenters. The Hall–Kier alpha value is -1.74. The fourth-order valence-electron chi connectivity index (χ4n) is 2.38. The highest BCUT2D eigenvalue weighted by atomic mass is 35.5. The van der Waals surface area contributed by atoms with Crippen molar-refractivity contribution >= 4 is 23.2 Å². The first kappa shape index (κ1) is 11.4. The summed E-state index contributed by atoms with van der Waals surface area (Å²) in [6.45, 7) is 0.756. The molecule has 1 aliphatic heterocycles. The lowest BCUT2D eigenvalue weighted by Crippen LogP contribution is -2.35. The molecule has 3 nitrogen and oxygen atoms in total. The Morgan fingerprint density at radius 1 is 1.33 bits per heavy atom. The zero-order valence-corrected chi connectivity index (χ0v) is 10.6. The minimum absolute atomic E-state index is 0.0194. The van der Waals surface area contributed by atoms with E-state index in [-0.39, 0.29) is 5.91 Å². The van der Waals surface area contributed by atoms with E-state index in [4.69, 9.17) is 11.6 Å². The van der Waals surface area contributed by atoms with Gasteiger partial charge in [-0.05, 0) is 30.5 Å². The van der Waals surface area contributed by atoms with E-state index in [1.807, 2.05) is 23.1 Å². The van der Waals surface area contributed by atoms with Crippen LogP contribution in [0.15, 0.2) is 36.5 Å². The van der Waals surface area contributed by atoms with Crippen LogP contribution in [-0.2, 0) is 6.42 Å². The predicted octanol–water partition coefficient (Wildman–Crippen LogP) is 3.26. The van der Waals surface area contributed by atoms with Crippen LogP contribution in [0.4, 0.5) is 5.69 Å². The number of amides is 1. The van der Waals surface area contributed by atoms with Crippen LogP contribution in [0.25, 0.3) is 0 Å². The molecule has 0 saturated carbocycles. The Morgan fingerprint density at radius 2 is 2.17 bits per heavy atom. The molecular weight excluding hydrogens is 248 g/mol. The number of benzene rings is 1. The second kappa shape index (κ2) is 4.50. The number of para-hydroxylation sites is 1. The highest BCUT2D eigenvalue weighted by Gasteiger charge is 2.23. The monoisotopic (exact) mass is 260 g/mol. The highest BCUT2D eigenvalue weighted by Crippen LogP contribution is 2.28. The topological polar surface area (TPSA) is 36.1 Å². The first-order valence-corrected chi connectivity index (χ1v) is 6.37. The molecule has 18 heavy (non-hydrogen) atoms. The summed E-state index contributed by atoms with van der Waals surface area (Å²) in [4.78, 5) is 17.1. The van der Waals surface area contributed by atoms with E-state index in [0.717, 1.165) is 25.1 Å². The van der Waals surface area contributed by atoms with Crippen LogP contribution < -0.4 is 4.90 Å². The lowest BCUT2D eigenvalue weighted by atomic mass is 10.0. The van der Waals surface area contributed by atoms with Crippen LogP contribution in [0.2, 0.25) is 5.02 Å². The fourth-order valence-corrected chi connectivity index (χ4v) is 2.55. The largest absolute Gasteiger partial charge is 0.356 e. The molecule has 0 unspecified atom stereocenters. The molecule has 1 amide bonds. The minimum Gasteiger partial charge on any atom is -0.356 e. The van der Waals surface area contributed by atoms with Gasteiger partial charge in [0.2, 0.25) is 0 Å². The number of hydrogen-bond donors (Lipinski definition) is 1. The molecule has 1 aromatic carbocycles. The van der Waals surface area contributed by atoms with Crippen molar-refractivity contribution in [2.75, 3.05) is 11.4 Å². The Kier molecular flexibility index (Phi) is 2.84. The Balaban J connectivity index is 1.96. The van der Waals surface area contributed by atoms with Crippen molar-refractivity contribution in [3.05, 3.63) is 52.8 Å². The van der Waals surface area contributed by atoms with Gasteiger partial charge in [-0.3, -0.25) is 4.79 Å². The maximum absolute atomic E-state index is 12.4. The fraction of sp³-hybridized carbons (Fsp3) is 0.214. The molecule has 0 fully saturated rings. The van der Waals surface area contributed by atoms with Gasteiger partial charge in [-0.15, -0.1) is 0 Å². The van der Waals surface area contributed by atoms with Crippen LogP contribution in [0, 0.1) is 0 Å². The third-order valence-electron chi connectivity index (χ3n) is 3.23. The van der Waals surface area contributed by atoms with Gasteiger partial charge in [-0.2, -0.15) is 0 Å². The van der Waals surface area contributed by atoms with Crippen LogP contribution in [-0.4, -0.2) is 17.4 Å². The Labute approximate surface area is 110 Å². The van der Waals surface area contributed by atoms with Crippen molar-refractivity contribution in [3.63, 3.8) is 0 Å². The summed E-state index contributed by atoms with van der Waals surface area (Å²) in [5.41, 5.74) is 2.78. The van der Waals surface area contributed by atoms with Crippen molar-refractivity contribution in [3.8, 4) is 0 Å². The normalized spacial score (nSPS) is 14.4. The summed E-state index contributed by atoms with van der Waals surface area (Å²) >= 11 is 5.84. The summed E-state index contributed by atoms with van der Waals surface area (Å²) in [5.74, 6) is -0.0194. The SMILES string of the molecule is O=C(c1cc(Cl)c[nH]1)N1CCCc2ccccc21. The van der Waals surface area contributed by atoms with E-state index in [2.05, 4.69) is 11.1 Å². The number of aryl methyl sites for hydroxylation is 1. The van der Waals surface area contributed by atoms with Gasteiger partial charge in [-0.1, -0.05) is 29.8 Å². The van der Waals surface area contributed by atoms with Crippen molar-refractivity contribution < 1.29 is 4.79 Å². The smallest absolute Gasteiger partial charge is 0.274 e. The molecule has 1 aliphatic rings. The van der Waals surface area contributed by atoms with Gasteiger partial charge < -0.3 is 9.88 Å². The standard InChI is InChI=1S/C14H13ClN2O/c15-11-8-12(16-9-11)14(18)17-7-3-5-10-4-1-2-6-13(10)17/h1-2,4,6,8-9,16H,3,5,7H2. The molecule has 0 saturated heterocycles. The average molecular weight is 261 g/mol. The van der Waals surface area contributed by atoms with E-state index in [1.165, 1.54) is 5.56 Å². The average Bonchev–Trinajstić information content (AvgIpc) is 2.84. The number of fused-ring (bicyclic) bond motifs is 1. The summed E-state index contributed by atoms with van der Waals surface area (Å²) < 4.78 is 0. The molecule has 2 heterocycles. The number of nitrogens with one attached hydrogen (secondary N) is 1. The highest BCUT2D eigenvalue weighted by molar-refractivity contribution is 6.31. The summed E-state index contributed by atoms with van der Waals surface area (Å²) in [6, 6.07) is 9.72. The number of anilines is 1. The summed E-state index contributed by atoms with van der Waals surface area (Å²) in [7, 11) is 0. The quantitative estimate of drug-likeness (QED) is 0.839. The molecule has 0 spiro atoms.